The molecule has 2 N–H and O–H groups in total. The molecule has 116 valence electrons. The molecule has 0 aromatic heterocycles. The van der Waals surface area contributed by atoms with E-state index in [1.807, 2.05) is 22.6 Å². The number of nitrogens with zero attached hydrogens (tertiary/aromatic N) is 2. The van der Waals surface area contributed by atoms with E-state index >= 15 is 0 Å². The van der Waals surface area contributed by atoms with Gasteiger partial charge in [0.1, 0.15) is 6.42 Å². The van der Waals surface area contributed by atoms with Crippen LogP contribution in [0.1, 0.15) is 12.0 Å². The summed E-state index contributed by atoms with van der Waals surface area (Å²) in [6.07, 6.45) is 1.10. The fraction of sp³-hybridized carbons (Fsp3) is 0.231. The van der Waals surface area contributed by atoms with Gasteiger partial charge in [0, 0.05) is 0 Å². The van der Waals surface area contributed by atoms with Crippen LogP contribution in [0.25, 0.3) is 0 Å². The lowest BCUT2D eigenvalue weighted by Crippen LogP contribution is -2.16. The molecule has 0 atom stereocenters. The zero-order valence-electron chi connectivity index (χ0n) is 11.5. The maximum atomic E-state index is 11.1. The highest BCUT2D eigenvalue weighted by molar-refractivity contribution is 14.1. The highest BCUT2D eigenvalue weighted by Gasteiger charge is 2.12. The number of carbonyl (C=O) groups is 2. The normalized spacial score (nSPS) is 10.0. The van der Waals surface area contributed by atoms with E-state index in [0.29, 0.717) is 20.6 Å². The second kappa shape index (κ2) is 8.83. The van der Waals surface area contributed by atoms with Gasteiger partial charge in [-0.3, -0.25) is 4.79 Å². The number of rotatable bonds is 7. The quantitative estimate of drug-likeness (QED) is 0.390. The van der Waals surface area contributed by atoms with Crippen molar-refractivity contribution in [2.24, 2.45) is 5.10 Å². The van der Waals surface area contributed by atoms with Crippen LogP contribution in [0.15, 0.2) is 17.2 Å². The number of ether oxygens (including phenoxy) is 2. The zero-order valence-corrected chi connectivity index (χ0v) is 13.7. The first-order chi connectivity index (χ1) is 10.5. The van der Waals surface area contributed by atoms with E-state index in [1.165, 1.54) is 13.3 Å². The first kappa shape index (κ1) is 17.7. The summed E-state index contributed by atoms with van der Waals surface area (Å²) in [5.74, 6) is -0.945. The summed E-state index contributed by atoms with van der Waals surface area (Å²) in [5, 5.41) is 20.7. The fourth-order valence-electron chi connectivity index (χ4n) is 1.38. The Morgan fingerprint density at radius 2 is 2.27 bits per heavy atom. The van der Waals surface area contributed by atoms with Crippen LogP contribution in [-0.2, 0) is 9.59 Å². The molecule has 1 aromatic rings. The summed E-state index contributed by atoms with van der Waals surface area (Å²) >= 11 is 1.97. The number of hydrogen-bond donors (Lipinski definition) is 2. The fourth-order valence-corrected chi connectivity index (χ4v) is 2.16. The van der Waals surface area contributed by atoms with Crippen LogP contribution in [0.2, 0.25) is 0 Å². The number of carbonyl (C=O) groups excluding carboxylic acids is 1. The lowest BCUT2D eigenvalue weighted by molar-refractivity contribution is -0.139. The number of nitriles is 1. The van der Waals surface area contributed by atoms with Gasteiger partial charge in [-0.2, -0.15) is 10.4 Å². The van der Waals surface area contributed by atoms with Crippen LogP contribution in [0, 0.1) is 14.9 Å². The minimum atomic E-state index is -1.09. The molecule has 9 heteroatoms. The standard InChI is InChI=1S/C13H12IN3O5/c1-21-10-5-8(6-16-17-11(18)2-3-15)4-9(14)13(10)22-7-12(19)20/h4-6H,2,7H2,1H3,(H,17,18)(H,19,20)/b16-6+. The van der Waals surface area contributed by atoms with Gasteiger partial charge in [0.15, 0.2) is 18.1 Å². The Balaban J connectivity index is 2.88. The Morgan fingerprint density at radius 3 is 2.86 bits per heavy atom. The first-order valence-corrected chi connectivity index (χ1v) is 6.96. The number of halogens is 1. The number of nitrogens with one attached hydrogen (secondary N) is 1. The van der Waals surface area contributed by atoms with Crippen molar-refractivity contribution in [3.05, 3.63) is 21.3 Å². The van der Waals surface area contributed by atoms with E-state index in [1.54, 1.807) is 18.2 Å². The number of amides is 1. The van der Waals surface area contributed by atoms with Crippen molar-refractivity contribution >= 4 is 40.7 Å². The van der Waals surface area contributed by atoms with Gasteiger partial charge >= 0.3 is 5.97 Å². The molecule has 1 aromatic carbocycles. The van der Waals surface area contributed by atoms with E-state index in [2.05, 4.69) is 10.5 Å². The van der Waals surface area contributed by atoms with Crippen molar-refractivity contribution in [1.29, 1.82) is 5.26 Å². The van der Waals surface area contributed by atoms with Gasteiger partial charge in [-0.1, -0.05) is 0 Å². The minimum Gasteiger partial charge on any atom is -0.493 e. The number of benzene rings is 1. The highest BCUT2D eigenvalue weighted by Crippen LogP contribution is 2.33. The average molecular weight is 417 g/mol. The molecule has 0 aliphatic rings. The number of carboxylic acid groups (broad SMARTS) is 1. The van der Waals surface area contributed by atoms with Gasteiger partial charge in [0.25, 0.3) is 5.91 Å². The smallest absolute Gasteiger partial charge is 0.341 e. The third kappa shape index (κ3) is 5.57. The molecule has 0 aliphatic heterocycles. The molecular formula is C13H12IN3O5. The molecule has 8 nitrogen and oxygen atoms in total. The first-order valence-electron chi connectivity index (χ1n) is 5.89. The third-order valence-electron chi connectivity index (χ3n) is 2.23. The molecule has 0 fully saturated rings. The second-order valence-corrected chi connectivity index (χ2v) is 5.01. The number of hydrazone groups is 1. The Bertz CT molecular complexity index is 639. The van der Waals surface area contributed by atoms with Crippen LogP contribution in [0.3, 0.4) is 0 Å². The molecule has 0 saturated heterocycles. The molecule has 0 saturated carbocycles. The Kier molecular flexibility index (Phi) is 7.11. The molecule has 1 rings (SSSR count). The van der Waals surface area contributed by atoms with E-state index in [4.69, 9.17) is 19.8 Å². The molecular weight excluding hydrogens is 405 g/mol. The topological polar surface area (TPSA) is 121 Å². The summed E-state index contributed by atoms with van der Waals surface area (Å²) in [5.41, 5.74) is 2.81. The largest absolute Gasteiger partial charge is 0.493 e. The van der Waals surface area contributed by atoms with E-state index < -0.39 is 18.5 Å². The molecule has 0 aliphatic carbocycles. The van der Waals surface area contributed by atoms with Crippen molar-refractivity contribution in [1.82, 2.24) is 5.43 Å². The Labute approximate surface area is 139 Å². The number of hydrogen-bond acceptors (Lipinski definition) is 6. The van der Waals surface area contributed by atoms with Gasteiger partial charge in [-0.25, -0.2) is 10.2 Å². The van der Waals surface area contributed by atoms with Crippen LogP contribution in [0.4, 0.5) is 0 Å². The molecule has 0 radical (unpaired) electrons. The SMILES string of the molecule is COc1cc(/C=N/NC(=O)CC#N)cc(I)c1OCC(=O)O. The lowest BCUT2D eigenvalue weighted by Gasteiger charge is -2.12. The molecule has 22 heavy (non-hydrogen) atoms. The third-order valence-corrected chi connectivity index (χ3v) is 3.04. The monoisotopic (exact) mass is 417 g/mol. The van der Waals surface area contributed by atoms with Gasteiger partial charge in [0.2, 0.25) is 0 Å². The lowest BCUT2D eigenvalue weighted by atomic mass is 10.2. The van der Waals surface area contributed by atoms with Crippen LogP contribution in [0.5, 0.6) is 11.5 Å². The number of aliphatic carboxylic acids is 1. The van der Waals surface area contributed by atoms with Crippen molar-refractivity contribution < 1.29 is 24.2 Å². The Morgan fingerprint density at radius 1 is 1.55 bits per heavy atom. The molecule has 1 amide bonds. The summed E-state index contributed by atoms with van der Waals surface area (Å²) in [7, 11) is 1.43. The van der Waals surface area contributed by atoms with E-state index in [-0.39, 0.29) is 6.42 Å². The van der Waals surface area contributed by atoms with Gasteiger partial charge in [-0.05, 0) is 40.3 Å². The summed E-state index contributed by atoms with van der Waals surface area (Å²) < 4.78 is 10.9. The predicted molar refractivity (Wildman–Crippen MR) is 84.8 cm³/mol. The Hall–Kier alpha value is -2.35. The summed E-state index contributed by atoms with van der Waals surface area (Å²) in [6, 6.07) is 4.97. The summed E-state index contributed by atoms with van der Waals surface area (Å²) in [4.78, 5) is 21.6. The van der Waals surface area contributed by atoms with Crippen molar-refractivity contribution in [3.63, 3.8) is 0 Å². The van der Waals surface area contributed by atoms with Crippen molar-refractivity contribution in [2.75, 3.05) is 13.7 Å². The van der Waals surface area contributed by atoms with Crippen molar-refractivity contribution in [2.45, 2.75) is 6.42 Å². The maximum Gasteiger partial charge on any atom is 0.341 e. The number of methoxy groups -OCH3 is 1. The molecule has 0 bridgehead atoms. The second-order valence-electron chi connectivity index (χ2n) is 3.84. The molecule has 0 unspecified atom stereocenters. The maximum absolute atomic E-state index is 11.1. The predicted octanol–water partition coefficient (Wildman–Crippen LogP) is 1.13. The summed E-state index contributed by atoms with van der Waals surface area (Å²) in [6.45, 7) is -0.482. The molecule has 0 spiro atoms. The van der Waals surface area contributed by atoms with E-state index in [0.717, 1.165) is 0 Å². The van der Waals surface area contributed by atoms with Gasteiger partial charge in [-0.15, -0.1) is 0 Å². The van der Waals surface area contributed by atoms with Crippen molar-refractivity contribution in [3.8, 4) is 17.6 Å². The van der Waals surface area contributed by atoms with Gasteiger partial charge in [0.05, 0.1) is 23.0 Å². The zero-order chi connectivity index (χ0) is 16.5. The highest BCUT2D eigenvalue weighted by atomic mass is 127. The van der Waals surface area contributed by atoms with Gasteiger partial charge < -0.3 is 14.6 Å². The minimum absolute atomic E-state index is 0.278. The molecule has 0 heterocycles. The number of carboxylic acids is 1. The van der Waals surface area contributed by atoms with Crippen LogP contribution < -0.4 is 14.9 Å². The average Bonchev–Trinajstić information content (AvgIpc) is 2.45. The van der Waals surface area contributed by atoms with Crippen LogP contribution in [-0.4, -0.2) is 36.9 Å². The van der Waals surface area contributed by atoms with E-state index in [9.17, 15) is 9.59 Å². The van der Waals surface area contributed by atoms with Crippen LogP contribution >= 0.6 is 22.6 Å².